The quantitative estimate of drug-likeness (QED) is 0.480. The molecule has 30 heavy (non-hydrogen) atoms. The van der Waals surface area contributed by atoms with Crippen LogP contribution in [0.3, 0.4) is 0 Å². The number of aromatic nitrogens is 2. The van der Waals surface area contributed by atoms with Gasteiger partial charge in [0.15, 0.2) is 0 Å². The van der Waals surface area contributed by atoms with Crippen molar-refractivity contribution in [1.82, 2.24) is 20.0 Å². The van der Waals surface area contributed by atoms with Crippen molar-refractivity contribution in [3.63, 3.8) is 0 Å². The van der Waals surface area contributed by atoms with Gasteiger partial charge >= 0.3 is 0 Å². The number of rotatable bonds is 6. The van der Waals surface area contributed by atoms with Gasteiger partial charge < -0.3 is 15.1 Å². The Labute approximate surface area is 174 Å². The van der Waals surface area contributed by atoms with Crippen LogP contribution < -0.4 is 15.7 Å². The van der Waals surface area contributed by atoms with Crippen molar-refractivity contribution in [3.8, 4) is 0 Å². The Morgan fingerprint density at radius 2 is 1.77 bits per heavy atom. The fourth-order valence-electron chi connectivity index (χ4n) is 3.44. The van der Waals surface area contributed by atoms with Gasteiger partial charge in [0, 0.05) is 37.8 Å². The van der Waals surface area contributed by atoms with E-state index < -0.39 is 0 Å². The van der Waals surface area contributed by atoms with Crippen LogP contribution in [-0.4, -0.2) is 65.1 Å². The average molecular weight is 407 g/mol. The minimum atomic E-state index is -0.0529. The summed E-state index contributed by atoms with van der Waals surface area (Å²) in [5.41, 5.74) is 1.67. The summed E-state index contributed by atoms with van der Waals surface area (Å²) < 4.78 is 1.21. The van der Waals surface area contributed by atoms with E-state index in [1.54, 1.807) is 24.3 Å². The molecule has 1 aliphatic heterocycles. The highest BCUT2D eigenvalue weighted by Gasteiger charge is 2.24. The number of carbonyl (C=O) groups is 2. The third kappa shape index (κ3) is 4.56. The van der Waals surface area contributed by atoms with E-state index in [1.165, 1.54) is 4.68 Å². The Bertz CT molecular complexity index is 1000. The lowest BCUT2D eigenvalue weighted by atomic mass is 10.1. The van der Waals surface area contributed by atoms with Crippen molar-refractivity contribution in [1.29, 1.82) is 10.8 Å². The lowest BCUT2D eigenvalue weighted by Crippen LogP contribution is -2.49. The molecular formula is C21H25N7O2. The van der Waals surface area contributed by atoms with E-state index in [-0.39, 0.29) is 17.3 Å². The van der Waals surface area contributed by atoms with Gasteiger partial charge in [0.2, 0.25) is 5.91 Å². The van der Waals surface area contributed by atoms with Crippen molar-refractivity contribution in [2.45, 2.75) is 25.3 Å². The van der Waals surface area contributed by atoms with Gasteiger partial charge in [0.25, 0.3) is 5.91 Å². The highest BCUT2D eigenvalue weighted by molar-refractivity contribution is 5.94. The van der Waals surface area contributed by atoms with Crippen LogP contribution in [0.25, 0.3) is 0 Å². The summed E-state index contributed by atoms with van der Waals surface area (Å²) in [5, 5.41) is 22.3. The van der Waals surface area contributed by atoms with E-state index in [2.05, 4.69) is 15.3 Å². The SMILES string of the molecule is N=Cn1nc(N2CCN(C(=O)Cc3ccc(C(=O)NC4CC4)cc3)CC2)ccc1=N. The summed E-state index contributed by atoms with van der Waals surface area (Å²) in [5.74, 6) is 0.707. The molecule has 9 heteroatoms. The van der Waals surface area contributed by atoms with Crippen LogP contribution in [-0.2, 0) is 11.2 Å². The van der Waals surface area contributed by atoms with Gasteiger partial charge in [0.05, 0.1) is 6.42 Å². The summed E-state index contributed by atoms with van der Waals surface area (Å²) in [4.78, 5) is 28.6. The maximum Gasteiger partial charge on any atom is 0.251 e. The van der Waals surface area contributed by atoms with Crippen molar-refractivity contribution < 1.29 is 9.59 Å². The third-order valence-electron chi connectivity index (χ3n) is 5.41. The molecule has 0 atom stereocenters. The Balaban J connectivity index is 1.30. The Kier molecular flexibility index (Phi) is 5.60. The fraction of sp³-hybridized carbons (Fsp3) is 0.381. The van der Waals surface area contributed by atoms with Crippen LogP contribution in [0, 0.1) is 10.8 Å². The zero-order chi connectivity index (χ0) is 21.1. The van der Waals surface area contributed by atoms with Crippen molar-refractivity contribution >= 4 is 24.0 Å². The number of carbonyl (C=O) groups excluding carboxylic acids is 2. The monoisotopic (exact) mass is 407 g/mol. The zero-order valence-electron chi connectivity index (χ0n) is 16.7. The first kappa shape index (κ1) is 19.8. The highest BCUT2D eigenvalue weighted by atomic mass is 16.2. The molecule has 1 saturated carbocycles. The molecule has 0 bridgehead atoms. The van der Waals surface area contributed by atoms with Crippen LogP contribution in [0.4, 0.5) is 5.82 Å². The van der Waals surface area contributed by atoms with E-state index >= 15 is 0 Å². The van der Waals surface area contributed by atoms with E-state index in [9.17, 15) is 9.59 Å². The van der Waals surface area contributed by atoms with E-state index in [0.717, 1.165) is 24.7 Å². The molecule has 4 rings (SSSR count). The number of hydrogen-bond donors (Lipinski definition) is 3. The minimum Gasteiger partial charge on any atom is -0.352 e. The lowest BCUT2D eigenvalue weighted by molar-refractivity contribution is -0.130. The van der Waals surface area contributed by atoms with Crippen molar-refractivity contribution in [2.24, 2.45) is 0 Å². The Hall–Kier alpha value is -3.49. The molecular weight excluding hydrogens is 382 g/mol. The normalized spacial score (nSPS) is 16.3. The van der Waals surface area contributed by atoms with Gasteiger partial charge in [-0.3, -0.25) is 20.4 Å². The molecule has 2 fully saturated rings. The molecule has 156 valence electrons. The van der Waals surface area contributed by atoms with Gasteiger partial charge in [-0.05, 0) is 42.7 Å². The smallest absolute Gasteiger partial charge is 0.251 e. The third-order valence-corrected chi connectivity index (χ3v) is 5.41. The molecule has 3 N–H and O–H groups in total. The fourth-order valence-corrected chi connectivity index (χ4v) is 3.44. The zero-order valence-corrected chi connectivity index (χ0v) is 16.7. The second-order valence-corrected chi connectivity index (χ2v) is 7.64. The molecule has 1 saturated heterocycles. The first-order valence-corrected chi connectivity index (χ1v) is 10.1. The van der Waals surface area contributed by atoms with Crippen LogP contribution in [0.1, 0.15) is 28.8 Å². The number of hydrogen-bond acceptors (Lipinski definition) is 6. The molecule has 0 unspecified atom stereocenters. The average Bonchev–Trinajstić information content (AvgIpc) is 3.58. The topological polar surface area (TPSA) is 118 Å². The van der Waals surface area contributed by atoms with Crippen LogP contribution in [0.15, 0.2) is 36.4 Å². The molecule has 2 amide bonds. The largest absolute Gasteiger partial charge is 0.352 e. The highest BCUT2D eigenvalue weighted by Crippen LogP contribution is 2.19. The van der Waals surface area contributed by atoms with Gasteiger partial charge in [-0.25, -0.2) is 4.68 Å². The molecule has 0 spiro atoms. The number of nitrogens with zero attached hydrogens (tertiary/aromatic N) is 4. The molecule has 1 aliphatic carbocycles. The standard InChI is InChI=1S/C21H25N7O2/c22-14-28-18(23)7-8-19(25-28)26-9-11-27(12-10-26)20(29)13-15-1-3-16(4-2-15)21(30)24-17-5-6-17/h1-4,7-8,14,17,22-23H,5-6,9-13H2,(H,24,30). The molecule has 1 aromatic carbocycles. The summed E-state index contributed by atoms with van der Waals surface area (Å²) in [6.45, 7) is 2.48. The second kappa shape index (κ2) is 8.48. The maximum atomic E-state index is 12.7. The van der Waals surface area contributed by atoms with Crippen LogP contribution in [0.2, 0.25) is 0 Å². The molecule has 2 heterocycles. The van der Waals surface area contributed by atoms with Gasteiger partial charge in [0.1, 0.15) is 17.6 Å². The molecule has 2 aromatic rings. The van der Waals surface area contributed by atoms with E-state index in [0.29, 0.717) is 50.0 Å². The molecule has 9 nitrogen and oxygen atoms in total. The summed E-state index contributed by atoms with van der Waals surface area (Å²) >= 11 is 0. The first-order valence-electron chi connectivity index (χ1n) is 10.1. The Morgan fingerprint density at radius 3 is 2.40 bits per heavy atom. The van der Waals surface area contributed by atoms with Gasteiger partial charge in [-0.2, -0.15) is 0 Å². The number of amides is 2. The summed E-state index contributed by atoms with van der Waals surface area (Å²) in [6, 6.07) is 10.9. The summed E-state index contributed by atoms with van der Waals surface area (Å²) in [7, 11) is 0. The van der Waals surface area contributed by atoms with Crippen LogP contribution in [0.5, 0.6) is 0 Å². The molecule has 0 radical (unpaired) electrons. The lowest BCUT2D eigenvalue weighted by Gasteiger charge is -2.35. The number of anilines is 1. The van der Waals surface area contributed by atoms with Gasteiger partial charge in [-0.15, -0.1) is 5.10 Å². The van der Waals surface area contributed by atoms with E-state index in [4.69, 9.17) is 10.8 Å². The van der Waals surface area contributed by atoms with E-state index in [1.807, 2.05) is 17.0 Å². The second-order valence-electron chi connectivity index (χ2n) is 7.64. The predicted octanol–water partition coefficient (Wildman–Crippen LogP) is 0.601. The minimum absolute atomic E-state index is 0.0529. The van der Waals surface area contributed by atoms with Crippen molar-refractivity contribution in [3.05, 3.63) is 53.0 Å². The first-order chi connectivity index (χ1) is 14.5. The number of nitrogens with one attached hydrogen (secondary N) is 3. The Morgan fingerprint density at radius 1 is 1.07 bits per heavy atom. The maximum absolute atomic E-state index is 12.7. The summed E-state index contributed by atoms with van der Waals surface area (Å²) in [6.07, 6.45) is 3.43. The number of benzene rings is 1. The predicted molar refractivity (Wildman–Crippen MR) is 112 cm³/mol. The van der Waals surface area contributed by atoms with Crippen LogP contribution >= 0.6 is 0 Å². The molecule has 1 aromatic heterocycles. The molecule has 2 aliphatic rings. The van der Waals surface area contributed by atoms with Crippen molar-refractivity contribution in [2.75, 3.05) is 31.1 Å². The number of piperazine rings is 1. The van der Waals surface area contributed by atoms with Gasteiger partial charge in [-0.1, -0.05) is 12.1 Å².